The SMILES string of the molecule is CCC(O)(c1cccc(O[C@@H]2O[C@H](C(=O)O)[C@@H](O)[C@H](O)[C@H]2O)c1)C(C)CN(C)C. The van der Waals surface area contributed by atoms with Crippen LogP contribution in [0.1, 0.15) is 25.8 Å². The van der Waals surface area contributed by atoms with Gasteiger partial charge in [0.05, 0.1) is 5.60 Å². The summed E-state index contributed by atoms with van der Waals surface area (Å²) >= 11 is 0. The molecule has 1 heterocycles. The largest absolute Gasteiger partial charge is 0.479 e. The molecule has 29 heavy (non-hydrogen) atoms. The van der Waals surface area contributed by atoms with Gasteiger partial charge in [0.1, 0.15) is 24.1 Å². The van der Waals surface area contributed by atoms with E-state index in [2.05, 4.69) is 0 Å². The Balaban J connectivity index is 2.25. The smallest absolute Gasteiger partial charge is 0.335 e. The van der Waals surface area contributed by atoms with E-state index >= 15 is 0 Å². The van der Waals surface area contributed by atoms with Crippen molar-refractivity contribution in [3.63, 3.8) is 0 Å². The number of nitrogens with zero attached hydrogens (tertiary/aromatic N) is 1. The Morgan fingerprint density at radius 3 is 2.45 bits per heavy atom. The molecule has 1 aliphatic heterocycles. The lowest BCUT2D eigenvalue weighted by atomic mass is 9.80. The molecule has 1 aromatic rings. The van der Waals surface area contributed by atoms with Gasteiger partial charge in [-0.1, -0.05) is 26.0 Å². The van der Waals surface area contributed by atoms with Crippen LogP contribution in [0.2, 0.25) is 0 Å². The molecule has 5 N–H and O–H groups in total. The molecule has 9 heteroatoms. The third-order valence-corrected chi connectivity index (χ3v) is 5.39. The zero-order valence-electron chi connectivity index (χ0n) is 17.1. The number of aliphatic hydroxyl groups excluding tert-OH is 3. The summed E-state index contributed by atoms with van der Waals surface area (Å²) in [5.74, 6) is -1.35. The highest BCUT2D eigenvalue weighted by molar-refractivity contribution is 5.73. The number of rotatable bonds is 8. The van der Waals surface area contributed by atoms with Crippen LogP contribution in [0.15, 0.2) is 24.3 Å². The second kappa shape index (κ2) is 9.38. The maximum atomic E-state index is 11.3. The molecule has 0 bridgehead atoms. The maximum absolute atomic E-state index is 11.3. The Labute approximate surface area is 170 Å². The first-order chi connectivity index (χ1) is 13.5. The first kappa shape index (κ1) is 23.5. The minimum absolute atomic E-state index is 0.0948. The van der Waals surface area contributed by atoms with Gasteiger partial charge in [-0.3, -0.25) is 0 Å². The molecule has 0 radical (unpaired) electrons. The van der Waals surface area contributed by atoms with Crippen LogP contribution in [0.5, 0.6) is 5.75 Å². The van der Waals surface area contributed by atoms with Crippen molar-refractivity contribution in [2.75, 3.05) is 20.6 Å². The molecule has 1 aliphatic rings. The molecule has 1 saturated heterocycles. The first-order valence-electron chi connectivity index (χ1n) is 9.58. The molecule has 164 valence electrons. The van der Waals surface area contributed by atoms with E-state index in [4.69, 9.17) is 14.6 Å². The van der Waals surface area contributed by atoms with Crippen LogP contribution >= 0.6 is 0 Å². The van der Waals surface area contributed by atoms with Crippen LogP contribution in [0.25, 0.3) is 0 Å². The summed E-state index contributed by atoms with van der Waals surface area (Å²) in [5.41, 5.74) is -0.526. The lowest BCUT2D eigenvalue weighted by molar-refractivity contribution is -0.271. The van der Waals surface area contributed by atoms with Crippen molar-refractivity contribution in [2.24, 2.45) is 5.92 Å². The van der Waals surface area contributed by atoms with Crippen LogP contribution in [0.4, 0.5) is 0 Å². The van der Waals surface area contributed by atoms with Gasteiger partial charge in [-0.2, -0.15) is 0 Å². The molecule has 0 aliphatic carbocycles. The fourth-order valence-corrected chi connectivity index (χ4v) is 3.66. The van der Waals surface area contributed by atoms with Crippen molar-refractivity contribution in [3.05, 3.63) is 29.8 Å². The van der Waals surface area contributed by atoms with Crippen LogP contribution in [0.3, 0.4) is 0 Å². The van der Waals surface area contributed by atoms with Crippen molar-refractivity contribution in [3.8, 4) is 5.75 Å². The van der Waals surface area contributed by atoms with Gasteiger partial charge in [-0.05, 0) is 38.2 Å². The van der Waals surface area contributed by atoms with E-state index in [1.165, 1.54) is 0 Å². The second-order valence-corrected chi connectivity index (χ2v) is 7.82. The third-order valence-electron chi connectivity index (χ3n) is 5.39. The average molecular weight is 413 g/mol. The fourth-order valence-electron chi connectivity index (χ4n) is 3.66. The number of aliphatic hydroxyl groups is 4. The van der Waals surface area contributed by atoms with Crippen molar-refractivity contribution < 1.29 is 39.8 Å². The van der Waals surface area contributed by atoms with Crippen molar-refractivity contribution in [2.45, 2.75) is 56.6 Å². The number of carboxylic acids is 1. The van der Waals surface area contributed by atoms with Gasteiger partial charge in [0.2, 0.25) is 6.29 Å². The topological polar surface area (TPSA) is 140 Å². The normalized spacial score (nSPS) is 30.6. The Bertz CT molecular complexity index is 699. The molecule has 2 unspecified atom stereocenters. The molecule has 7 atom stereocenters. The maximum Gasteiger partial charge on any atom is 0.335 e. The van der Waals surface area contributed by atoms with Crippen LogP contribution in [0, 0.1) is 5.92 Å². The summed E-state index contributed by atoms with van der Waals surface area (Å²) in [6.07, 6.45) is -7.97. The van der Waals surface area contributed by atoms with E-state index in [1.54, 1.807) is 24.3 Å². The average Bonchev–Trinajstić information content (AvgIpc) is 2.67. The third kappa shape index (κ3) is 5.06. The molecule has 0 aromatic heterocycles. The summed E-state index contributed by atoms with van der Waals surface area (Å²) < 4.78 is 10.7. The molecular weight excluding hydrogens is 382 g/mol. The van der Waals surface area contributed by atoms with E-state index in [0.717, 1.165) is 0 Å². The van der Waals surface area contributed by atoms with Gasteiger partial charge in [-0.15, -0.1) is 0 Å². The van der Waals surface area contributed by atoms with E-state index in [1.807, 2.05) is 32.8 Å². The van der Waals surface area contributed by atoms with Gasteiger partial charge < -0.3 is 39.9 Å². The number of aliphatic carboxylic acids is 1. The minimum atomic E-state index is -1.79. The molecule has 9 nitrogen and oxygen atoms in total. The highest BCUT2D eigenvalue weighted by Crippen LogP contribution is 2.35. The predicted octanol–water partition coefficient (Wildman–Crippen LogP) is -0.247. The predicted molar refractivity (Wildman–Crippen MR) is 103 cm³/mol. The molecule has 1 aromatic carbocycles. The summed E-state index contributed by atoms with van der Waals surface area (Å²) in [7, 11) is 3.85. The van der Waals surface area contributed by atoms with Crippen LogP contribution in [-0.2, 0) is 15.1 Å². The highest BCUT2D eigenvalue weighted by atomic mass is 16.7. The molecule has 0 amide bonds. The monoisotopic (exact) mass is 413 g/mol. The van der Waals surface area contributed by atoms with Gasteiger partial charge in [0.25, 0.3) is 0 Å². The summed E-state index contributed by atoms with van der Waals surface area (Å²) in [4.78, 5) is 13.2. The number of benzene rings is 1. The molecule has 0 saturated carbocycles. The Hall–Kier alpha value is -1.75. The van der Waals surface area contributed by atoms with Gasteiger partial charge >= 0.3 is 5.97 Å². The Morgan fingerprint density at radius 2 is 1.90 bits per heavy atom. The van der Waals surface area contributed by atoms with Crippen molar-refractivity contribution in [1.82, 2.24) is 4.90 Å². The highest BCUT2D eigenvalue weighted by Gasteiger charge is 2.48. The summed E-state index contributed by atoms with van der Waals surface area (Å²) in [6.45, 7) is 4.48. The number of carboxylic acid groups (broad SMARTS) is 1. The summed E-state index contributed by atoms with van der Waals surface area (Å²) in [5, 5.41) is 50.2. The van der Waals surface area contributed by atoms with Crippen LogP contribution in [-0.4, -0.2) is 87.7 Å². The first-order valence-corrected chi connectivity index (χ1v) is 9.58. The van der Waals surface area contributed by atoms with E-state index in [9.17, 15) is 25.2 Å². The second-order valence-electron chi connectivity index (χ2n) is 7.82. The van der Waals surface area contributed by atoms with Crippen molar-refractivity contribution >= 4 is 5.97 Å². The van der Waals surface area contributed by atoms with Gasteiger partial charge in [0, 0.05) is 12.5 Å². The molecule has 0 spiro atoms. The van der Waals surface area contributed by atoms with E-state index in [-0.39, 0.29) is 11.7 Å². The zero-order valence-corrected chi connectivity index (χ0v) is 17.1. The Kier molecular flexibility index (Phi) is 7.61. The zero-order chi connectivity index (χ0) is 21.9. The number of hydrogen-bond acceptors (Lipinski definition) is 8. The van der Waals surface area contributed by atoms with Gasteiger partial charge in [-0.25, -0.2) is 4.79 Å². The number of ether oxygens (including phenoxy) is 2. The molecule has 1 fully saturated rings. The lowest BCUT2D eigenvalue weighted by Crippen LogP contribution is -2.61. The fraction of sp³-hybridized carbons (Fsp3) is 0.650. The van der Waals surface area contributed by atoms with E-state index < -0.39 is 42.3 Å². The van der Waals surface area contributed by atoms with E-state index in [0.29, 0.717) is 18.5 Å². The summed E-state index contributed by atoms with van der Waals surface area (Å²) in [6, 6.07) is 6.60. The standard InChI is InChI=1S/C20H31NO8/c1-5-20(27,11(2)10-21(3)4)12-7-6-8-13(9-12)28-19-16(24)14(22)15(23)17(29-19)18(25)26/h6-9,11,14-17,19,22-24,27H,5,10H2,1-4H3,(H,25,26)/t11?,14-,15-,16+,17-,19+,20?/m0/s1. The number of hydrogen-bond donors (Lipinski definition) is 5. The Morgan fingerprint density at radius 1 is 1.24 bits per heavy atom. The quantitative estimate of drug-likeness (QED) is 0.390. The lowest BCUT2D eigenvalue weighted by Gasteiger charge is -2.39. The molecular formula is C20H31NO8. The van der Waals surface area contributed by atoms with Crippen molar-refractivity contribution in [1.29, 1.82) is 0 Å². The van der Waals surface area contributed by atoms with Gasteiger partial charge in [0.15, 0.2) is 6.10 Å². The van der Waals surface area contributed by atoms with Crippen LogP contribution < -0.4 is 4.74 Å². The molecule has 2 rings (SSSR count). The minimum Gasteiger partial charge on any atom is -0.479 e. The number of carbonyl (C=O) groups is 1.